The normalized spacial score (nSPS) is 20.5. The van der Waals surface area contributed by atoms with E-state index < -0.39 is 66.9 Å². The minimum atomic E-state index is -1.70. The number of carbonyl (C=O) groups is 5. The number of ether oxygens (including phenoxy) is 5. The zero-order valence-electron chi connectivity index (χ0n) is 24.3. The van der Waals surface area contributed by atoms with E-state index in [1.165, 1.54) is 48.5 Å². The molecule has 0 spiro atoms. The lowest BCUT2D eigenvalue weighted by molar-refractivity contribution is -0.225. The van der Waals surface area contributed by atoms with Crippen LogP contribution in [0.15, 0.2) is 121 Å². The summed E-state index contributed by atoms with van der Waals surface area (Å²) >= 11 is 0. The van der Waals surface area contributed by atoms with Crippen molar-refractivity contribution < 1.29 is 47.7 Å². The molecule has 1 aliphatic heterocycles. The monoisotopic (exact) mass is 623 g/mol. The van der Waals surface area contributed by atoms with Crippen molar-refractivity contribution in [3.05, 3.63) is 144 Å². The predicted octanol–water partition coefficient (Wildman–Crippen LogP) is 3.77. The van der Waals surface area contributed by atoms with Crippen LogP contribution in [-0.4, -0.2) is 66.9 Å². The maximum atomic E-state index is 13.4. The Morgan fingerprint density at radius 1 is 0.500 bits per heavy atom. The molecule has 1 heterocycles. The van der Waals surface area contributed by atoms with Gasteiger partial charge in [-0.3, -0.25) is 4.79 Å². The van der Waals surface area contributed by atoms with Gasteiger partial charge in [0, 0.05) is 0 Å². The van der Waals surface area contributed by atoms with Crippen LogP contribution < -0.4 is 5.73 Å². The summed E-state index contributed by atoms with van der Waals surface area (Å²) < 4.78 is 28.9. The Labute approximate surface area is 263 Å². The Bertz CT molecular complexity index is 1670. The first kappa shape index (κ1) is 31.6. The van der Waals surface area contributed by atoms with Crippen LogP contribution in [0, 0.1) is 0 Å². The summed E-state index contributed by atoms with van der Waals surface area (Å²) in [6.07, 6.45) is -7.95. The van der Waals surface area contributed by atoms with Gasteiger partial charge in [0.05, 0.1) is 22.3 Å². The molecule has 234 valence electrons. The first-order valence-corrected chi connectivity index (χ1v) is 14.3. The molecule has 11 heteroatoms. The molecular formula is C35H29NO10. The lowest BCUT2D eigenvalue weighted by Crippen LogP contribution is -2.65. The van der Waals surface area contributed by atoms with Crippen molar-refractivity contribution >= 4 is 29.8 Å². The molecule has 5 atom stereocenters. The summed E-state index contributed by atoms with van der Waals surface area (Å²) in [6.45, 7) is -0.553. The minimum absolute atomic E-state index is 0.121. The Balaban J connectivity index is 1.53. The van der Waals surface area contributed by atoms with Gasteiger partial charge in [0.25, 0.3) is 5.91 Å². The quantitative estimate of drug-likeness (QED) is 0.204. The third-order valence-electron chi connectivity index (χ3n) is 7.06. The number of primary amides is 1. The van der Waals surface area contributed by atoms with Gasteiger partial charge < -0.3 is 29.4 Å². The van der Waals surface area contributed by atoms with E-state index in [2.05, 4.69) is 0 Å². The predicted molar refractivity (Wildman–Crippen MR) is 162 cm³/mol. The first-order valence-electron chi connectivity index (χ1n) is 14.3. The highest BCUT2D eigenvalue weighted by Gasteiger charge is 2.54. The Morgan fingerprint density at radius 3 is 1.24 bits per heavy atom. The average Bonchev–Trinajstić information content (AvgIpc) is 3.10. The van der Waals surface area contributed by atoms with Crippen molar-refractivity contribution in [2.45, 2.75) is 30.5 Å². The number of rotatable bonds is 10. The van der Waals surface area contributed by atoms with Gasteiger partial charge >= 0.3 is 23.9 Å². The highest BCUT2D eigenvalue weighted by Crippen LogP contribution is 2.31. The van der Waals surface area contributed by atoms with Crippen LogP contribution in [0.2, 0.25) is 0 Å². The SMILES string of the molecule is NC(=O)[C@@H]1O[C@H](COC(=O)c2ccccc2)[C@@H](OC(=O)c2ccccc2)[C@H](OC(=O)c2ccccc2)[C@H]1OC(=O)c1ccccc1. The summed E-state index contributed by atoms with van der Waals surface area (Å²) in [6, 6.07) is 31.8. The molecule has 0 radical (unpaired) electrons. The van der Waals surface area contributed by atoms with Crippen molar-refractivity contribution in [2.24, 2.45) is 5.73 Å². The number of nitrogens with two attached hydrogens (primary N) is 1. The van der Waals surface area contributed by atoms with E-state index in [4.69, 9.17) is 29.4 Å². The zero-order chi connectivity index (χ0) is 32.5. The number of esters is 4. The van der Waals surface area contributed by atoms with Crippen molar-refractivity contribution in [2.75, 3.05) is 6.61 Å². The van der Waals surface area contributed by atoms with Crippen LogP contribution in [0.25, 0.3) is 0 Å². The molecule has 4 aromatic carbocycles. The smallest absolute Gasteiger partial charge is 0.338 e. The highest BCUT2D eigenvalue weighted by molar-refractivity contribution is 5.92. The lowest BCUT2D eigenvalue weighted by Gasteiger charge is -2.43. The fourth-order valence-electron chi connectivity index (χ4n) is 4.80. The van der Waals surface area contributed by atoms with Crippen molar-refractivity contribution in [3.8, 4) is 0 Å². The van der Waals surface area contributed by atoms with E-state index >= 15 is 0 Å². The van der Waals surface area contributed by atoms with Gasteiger partial charge in [0.1, 0.15) is 12.7 Å². The molecule has 0 aromatic heterocycles. The van der Waals surface area contributed by atoms with Gasteiger partial charge in [-0.05, 0) is 48.5 Å². The largest absolute Gasteiger partial charge is 0.459 e. The van der Waals surface area contributed by atoms with E-state index in [-0.39, 0.29) is 22.3 Å². The standard InChI is InChI=1S/C35H29NO10/c36-31(37)30-29(46-35(41)25-19-11-4-12-20-25)28(45-34(40)24-17-9-3-10-18-24)27(44-33(39)23-15-7-2-8-16-23)26(43-30)21-42-32(38)22-13-5-1-6-14-22/h1-20,26-30H,21H2,(H2,36,37)/t26-,27-,28+,29-,30-/m1/s1. The van der Waals surface area contributed by atoms with Crippen molar-refractivity contribution in [3.63, 3.8) is 0 Å². The molecule has 1 aliphatic rings. The van der Waals surface area contributed by atoms with Crippen molar-refractivity contribution in [1.29, 1.82) is 0 Å². The molecule has 0 aliphatic carbocycles. The molecule has 5 rings (SSSR count). The van der Waals surface area contributed by atoms with Crippen LogP contribution in [0.3, 0.4) is 0 Å². The van der Waals surface area contributed by atoms with E-state index in [9.17, 15) is 24.0 Å². The number of hydrogen-bond donors (Lipinski definition) is 1. The zero-order valence-corrected chi connectivity index (χ0v) is 24.3. The van der Waals surface area contributed by atoms with Gasteiger partial charge in [0.2, 0.25) is 0 Å². The summed E-state index contributed by atoms with van der Waals surface area (Å²) in [7, 11) is 0. The summed E-state index contributed by atoms with van der Waals surface area (Å²) in [5.74, 6) is -4.41. The summed E-state index contributed by atoms with van der Waals surface area (Å²) in [5, 5.41) is 0. The van der Waals surface area contributed by atoms with Gasteiger partial charge in [-0.2, -0.15) is 0 Å². The fraction of sp³-hybridized carbons (Fsp3) is 0.171. The minimum Gasteiger partial charge on any atom is -0.459 e. The van der Waals surface area contributed by atoms with E-state index in [1.54, 1.807) is 72.8 Å². The second-order valence-electron chi connectivity index (χ2n) is 10.2. The van der Waals surface area contributed by atoms with Gasteiger partial charge in [-0.15, -0.1) is 0 Å². The number of benzene rings is 4. The molecule has 11 nitrogen and oxygen atoms in total. The Morgan fingerprint density at radius 2 is 0.848 bits per heavy atom. The molecule has 46 heavy (non-hydrogen) atoms. The van der Waals surface area contributed by atoms with Crippen LogP contribution >= 0.6 is 0 Å². The average molecular weight is 624 g/mol. The van der Waals surface area contributed by atoms with E-state index in [1.807, 2.05) is 0 Å². The molecular weight excluding hydrogens is 594 g/mol. The number of amides is 1. The summed E-state index contributed by atoms with van der Waals surface area (Å²) in [5.41, 5.74) is 6.33. The third-order valence-corrected chi connectivity index (χ3v) is 7.06. The topological polar surface area (TPSA) is 158 Å². The van der Waals surface area contributed by atoms with Gasteiger partial charge in [-0.1, -0.05) is 72.8 Å². The Kier molecular flexibility index (Phi) is 10.2. The van der Waals surface area contributed by atoms with Gasteiger partial charge in [0.15, 0.2) is 24.4 Å². The first-order chi connectivity index (χ1) is 22.3. The van der Waals surface area contributed by atoms with Crippen LogP contribution in [0.5, 0.6) is 0 Å². The molecule has 2 N–H and O–H groups in total. The van der Waals surface area contributed by atoms with Crippen molar-refractivity contribution in [1.82, 2.24) is 0 Å². The van der Waals surface area contributed by atoms with E-state index in [0.29, 0.717) is 0 Å². The third kappa shape index (κ3) is 7.63. The van der Waals surface area contributed by atoms with Gasteiger partial charge in [-0.25, -0.2) is 19.2 Å². The maximum Gasteiger partial charge on any atom is 0.338 e. The molecule has 1 saturated heterocycles. The Hall–Kier alpha value is -5.81. The van der Waals surface area contributed by atoms with Crippen LogP contribution in [0.1, 0.15) is 41.4 Å². The maximum absolute atomic E-state index is 13.4. The molecule has 0 saturated carbocycles. The van der Waals surface area contributed by atoms with Crippen LogP contribution in [0.4, 0.5) is 0 Å². The number of carbonyl (C=O) groups excluding carboxylic acids is 5. The fourth-order valence-corrected chi connectivity index (χ4v) is 4.80. The van der Waals surface area contributed by atoms with E-state index in [0.717, 1.165) is 0 Å². The van der Waals surface area contributed by atoms with Crippen LogP contribution in [-0.2, 0) is 28.5 Å². The molecule has 0 unspecified atom stereocenters. The second kappa shape index (κ2) is 14.8. The number of hydrogen-bond acceptors (Lipinski definition) is 10. The molecule has 0 bridgehead atoms. The lowest BCUT2D eigenvalue weighted by atomic mass is 9.93. The summed E-state index contributed by atoms with van der Waals surface area (Å²) in [4.78, 5) is 65.6. The molecule has 1 fully saturated rings. The molecule has 4 aromatic rings. The highest BCUT2D eigenvalue weighted by atomic mass is 16.7. The molecule has 1 amide bonds. The second-order valence-corrected chi connectivity index (χ2v) is 10.2.